The molecule has 10 heteroatoms. The largest absolute Gasteiger partial charge is 0.497 e. The highest BCUT2D eigenvalue weighted by Crippen LogP contribution is 2.28. The summed E-state index contributed by atoms with van der Waals surface area (Å²) in [5.41, 5.74) is 4.87. The van der Waals surface area contributed by atoms with E-state index in [9.17, 15) is 9.59 Å². The van der Waals surface area contributed by atoms with Crippen molar-refractivity contribution < 1.29 is 28.2 Å². The van der Waals surface area contributed by atoms with Gasteiger partial charge >= 0.3 is 5.97 Å². The number of carbonyl (C=O) groups excluding carboxylic acids is 2. The highest BCUT2D eigenvalue weighted by molar-refractivity contribution is 7.99. The molecule has 4 rings (SSSR count). The molecule has 35 heavy (non-hydrogen) atoms. The zero-order valence-corrected chi connectivity index (χ0v) is 19.7. The maximum absolute atomic E-state index is 12.4. The van der Waals surface area contributed by atoms with Gasteiger partial charge in [-0.15, -0.1) is 0 Å². The Balaban J connectivity index is 1.31. The molecule has 0 atom stereocenters. The monoisotopic (exact) mass is 491 g/mol. The second kappa shape index (κ2) is 11.2. The lowest BCUT2D eigenvalue weighted by Crippen LogP contribution is -2.19. The molecule has 1 N–H and O–H groups in total. The summed E-state index contributed by atoms with van der Waals surface area (Å²) < 4.78 is 21.4. The molecule has 1 amide bonds. The molecule has 1 heterocycles. The molecule has 0 radical (unpaired) electrons. The quantitative estimate of drug-likeness (QED) is 0.121. The van der Waals surface area contributed by atoms with Crippen molar-refractivity contribution in [3.63, 3.8) is 0 Å². The van der Waals surface area contributed by atoms with Crippen molar-refractivity contribution in [2.45, 2.75) is 5.22 Å². The molecule has 3 aromatic carbocycles. The molecule has 4 aromatic rings. The fourth-order valence-electron chi connectivity index (χ4n) is 2.99. The molecule has 0 aliphatic heterocycles. The number of hydrogen-bond donors (Lipinski definition) is 1. The van der Waals surface area contributed by atoms with Gasteiger partial charge in [-0.25, -0.2) is 15.2 Å². The van der Waals surface area contributed by atoms with Crippen molar-refractivity contribution in [3.8, 4) is 17.2 Å². The van der Waals surface area contributed by atoms with Crippen LogP contribution in [-0.2, 0) is 4.79 Å². The number of hydrazone groups is 1. The molecule has 0 bridgehead atoms. The van der Waals surface area contributed by atoms with Gasteiger partial charge < -0.3 is 18.6 Å². The molecule has 0 saturated heterocycles. The molecule has 1 aromatic heterocycles. The molecular formula is C25H21N3O6S. The lowest BCUT2D eigenvalue weighted by molar-refractivity contribution is -0.118. The number of esters is 1. The first-order chi connectivity index (χ1) is 17.1. The van der Waals surface area contributed by atoms with Crippen LogP contribution in [0, 0.1) is 0 Å². The van der Waals surface area contributed by atoms with Crippen molar-refractivity contribution in [1.29, 1.82) is 0 Å². The lowest BCUT2D eigenvalue weighted by Gasteiger charge is -2.10. The average Bonchev–Trinajstić information content (AvgIpc) is 3.31. The molecule has 0 unspecified atom stereocenters. The minimum Gasteiger partial charge on any atom is -0.497 e. The third kappa shape index (κ3) is 6.18. The Bertz CT molecular complexity index is 1330. The van der Waals surface area contributed by atoms with E-state index in [-0.39, 0.29) is 17.4 Å². The van der Waals surface area contributed by atoms with Crippen LogP contribution in [-0.4, -0.2) is 43.0 Å². The topological polar surface area (TPSA) is 112 Å². The van der Waals surface area contributed by atoms with Crippen molar-refractivity contribution in [1.82, 2.24) is 10.4 Å². The summed E-state index contributed by atoms with van der Waals surface area (Å²) in [6.45, 7) is 0. The highest BCUT2D eigenvalue weighted by atomic mass is 32.2. The van der Waals surface area contributed by atoms with Gasteiger partial charge in [0.25, 0.3) is 11.1 Å². The molecular weight excluding hydrogens is 470 g/mol. The molecule has 0 fully saturated rings. The summed E-state index contributed by atoms with van der Waals surface area (Å²) in [7, 11) is 3.01. The Kier molecular flexibility index (Phi) is 7.63. The third-order valence-corrected chi connectivity index (χ3v) is 5.55. The van der Waals surface area contributed by atoms with Crippen LogP contribution < -0.4 is 19.6 Å². The first kappa shape index (κ1) is 23.8. The van der Waals surface area contributed by atoms with Crippen LogP contribution in [0.1, 0.15) is 15.9 Å². The number of nitrogens with one attached hydrogen (secondary N) is 1. The molecule has 0 spiro atoms. The first-order valence-electron chi connectivity index (χ1n) is 10.4. The molecule has 9 nitrogen and oxygen atoms in total. The van der Waals surface area contributed by atoms with E-state index >= 15 is 0 Å². The van der Waals surface area contributed by atoms with Gasteiger partial charge in [-0.3, -0.25) is 4.79 Å². The summed E-state index contributed by atoms with van der Waals surface area (Å²) in [6, 6.07) is 18.9. The van der Waals surface area contributed by atoms with Crippen LogP contribution >= 0.6 is 11.8 Å². The van der Waals surface area contributed by atoms with Crippen molar-refractivity contribution in [2.75, 3.05) is 20.0 Å². The van der Waals surface area contributed by atoms with E-state index in [1.54, 1.807) is 49.6 Å². The Hall–Kier alpha value is -4.31. The zero-order valence-electron chi connectivity index (χ0n) is 18.9. The van der Waals surface area contributed by atoms with E-state index < -0.39 is 5.97 Å². The number of ether oxygens (including phenoxy) is 3. The van der Waals surface area contributed by atoms with E-state index in [0.717, 1.165) is 5.52 Å². The predicted molar refractivity (Wildman–Crippen MR) is 131 cm³/mol. The van der Waals surface area contributed by atoms with Crippen LogP contribution in [0.5, 0.6) is 17.2 Å². The third-order valence-electron chi connectivity index (χ3n) is 4.72. The molecule has 0 aliphatic carbocycles. The van der Waals surface area contributed by atoms with Crippen molar-refractivity contribution >= 4 is 41.0 Å². The lowest BCUT2D eigenvalue weighted by atomic mass is 10.2. The van der Waals surface area contributed by atoms with Crippen molar-refractivity contribution in [2.24, 2.45) is 5.10 Å². The predicted octanol–water partition coefficient (Wildman–Crippen LogP) is 4.31. The normalized spacial score (nSPS) is 10.9. The molecule has 0 saturated carbocycles. The number of nitrogens with zero attached hydrogens (tertiary/aromatic N) is 2. The second-order valence-electron chi connectivity index (χ2n) is 7.06. The number of thioether (sulfide) groups is 1. The Morgan fingerprint density at radius 3 is 2.57 bits per heavy atom. The van der Waals surface area contributed by atoms with E-state index in [1.807, 2.05) is 24.3 Å². The first-order valence-corrected chi connectivity index (χ1v) is 11.4. The SMILES string of the molecule is COc1ccc(C(=O)Oc2ccc(/C=N\NC(=O)CSc3nc4ccccc4o3)cc2OC)cc1. The zero-order chi connectivity index (χ0) is 24.6. The second-order valence-corrected chi connectivity index (χ2v) is 7.98. The number of benzene rings is 3. The van der Waals surface area contributed by atoms with Crippen LogP contribution in [0.3, 0.4) is 0 Å². The van der Waals surface area contributed by atoms with Crippen molar-refractivity contribution in [3.05, 3.63) is 77.9 Å². The number of hydrogen-bond acceptors (Lipinski definition) is 9. The van der Waals surface area contributed by atoms with Gasteiger partial charge in [0, 0.05) is 0 Å². The number of rotatable bonds is 9. The Morgan fingerprint density at radius 1 is 1.03 bits per heavy atom. The van der Waals surface area contributed by atoms with Crippen LogP contribution in [0.2, 0.25) is 0 Å². The minimum absolute atomic E-state index is 0.0910. The maximum atomic E-state index is 12.4. The highest BCUT2D eigenvalue weighted by Gasteiger charge is 2.13. The standard InChI is InChI=1S/C25H21N3O6S/c1-31-18-10-8-17(9-11-18)24(30)33-21-12-7-16(13-22(21)32-2)14-26-28-23(29)15-35-25-27-19-5-3-4-6-20(19)34-25/h3-14H,15H2,1-2H3,(H,28,29)/b26-14-. The fourth-order valence-corrected chi connectivity index (χ4v) is 3.62. The fraction of sp³-hybridized carbons (Fsp3) is 0.120. The summed E-state index contributed by atoms with van der Waals surface area (Å²) in [6.07, 6.45) is 1.46. The van der Waals surface area contributed by atoms with Crippen LogP contribution in [0.25, 0.3) is 11.1 Å². The number of amides is 1. The van der Waals surface area contributed by atoms with Crippen LogP contribution in [0.15, 0.2) is 81.5 Å². The van der Waals surface area contributed by atoms with E-state index in [1.165, 1.54) is 25.1 Å². The molecule has 178 valence electrons. The molecule has 0 aliphatic rings. The van der Waals surface area contributed by atoms with Gasteiger partial charge in [0.05, 0.1) is 31.8 Å². The number of carbonyl (C=O) groups is 2. The van der Waals surface area contributed by atoms with E-state index in [2.05, 4.69) is 15.5 Å². The summed E-state index contributed by atoms with van der Waals surface area (Å²) >= 11 is 1.18. The number of fused-ring (bicyclic) bond motifs is 1. The summed E-state index contributed by atoms with van der Waals surface area (Å²) in [4.78, 5) is 28.8. The van der Waals surface area contributed by atoms with Gasteiger partial charge in [-0.05, 0) is 60.2 Å². The summed E-state index contributed by atoms with van der Waals surface area (Å²) in [5, 5.41) is 4.37. The van der Waals surface area contributed by atoms with Gasteiger partial charge in [0.15, 0.2) is 17.1 Å². The Morgan fingerprint density at radius 2 is 1.83 bits per heavy atom. The van der Waals surface area contributed by atoms with Gasteiger partial charge in [-0.1, -0.05) is 23.9 Å². The van der Waals surface area contributed by atoms with E-state index in [4.69, 9.17) is 18.6 Å². The minimum atomic E-state index is -0.531. The smallest absolute Gasteiger partial charge is 0.343 e. The number of methoxy groups -OCH3 is 2. The average molecular weight is 492 g/mol. The Labute approximate surface area is 205 Å². The summed E-state index contributed by atoms with van der Waals surface area (Å²) in [5.74, 6) is 0.479. The number of aromatic nitrogens is 1. The number of oxazole rings is 1. The van der Waals surface area contributed by atoms with E-state index in [0.29, 0.717) is 33.4 Å². The van der Waals surface area contributed by atoms with Crippen LogP contribution in [0.4, 0.5) is 0 Å². The van der Waals surface area contributed by atoms with Gasteiger partial charge in [0.1, 0.15) is 11.3 Å². The maximum Gasteiger partial charge on any atom is 0.343 e. The van der Waals surface area contributed by atoms with Gasteiger partial charge in [0.2, 0.25) is 0 Å². The number of para-hydroxylation sites is 2. The van der Waals surface area contributed by atoms with Gasteiger partial charge in [-0.2, -0.15) is 5.10 Å².